The van der Waals surface area contributed by atoms with Crippen molar-refractivity contribution in [3.8, 4) is 0 Å². The monoisotopic (exact) mass is 374 g/mol. The maximum Gasteiger partial charge on any atom is 0.347 e. The van der Waals surface area contributed by atoms with Crippen LogP contribution >= 0.6 is 0 Å². The Hall–Kier alpha value is -1.25. The van der Waals surface area contributed by atoms with Crippen molar-refractivity contribution in [2.75, 3.05) is 0 Å². The van der Waals surface area contributed by atoms with E-state index in [0.717, 1.165) is 10.4 Å². The highest BCUT2D eigenvalue weighted by atomic mass is 28.4. The molecule has 5 heteroatoms. The van der Waals surface area contributed by atoms with Crippen LogP contribution in [-0.4, -0.2) is 29.8 Å². The SMILES string of the molecule is CC(C)(C)O[SiH](O[SiH](OC(C)(C)C)c1ccccc1)c1ccccc1. The Kier molecular flexibility index (Phi) is 6.76. The van der Waals surface area contributed by atoms with Gasteiger partial charge in [-0.1, -0.05) is 60.7 Å². The first-order valence-electron chi connectivity index (χ1n) is 8.75. The molecule has 0 fully saturated rings. The minimum Gasteiger partial charge on any atom is -0.412 e. The van der Waals surface area contributed by atoms with Crippen molar-refractivity contribution < 1.29 is 13.0 Å². The molecule has 0 heterocycles. The first-order chi connectivity index (χ1) is 11.6. The van der Waals surface area contributed by atoms with Crippen molar-refractivity contribution in [1.29, 1.82) is 0 Å². The fourth-order valence-corrected chi connectivity index (χ4v) is 7.55. The first-order valence-corrected chi connectivity index (χ1v) is 11.8. The van der Waals surface area contributed by atoms with Crippen LogP contribution in [0.1, 0.15) is 41.5 Å². The lowest BCUT2D eigenvalue weighted by molar-refractivity contribution is 0.0838. The molecule has 0 saturated heterocycles. The Morgan fingerprint density at radius 1 is 0.560 bits per heavy atom. The van der Waals surface area contributed by atoms with Crippen LogP contribution in [0.3, 0.4) is 0 Å². The van der Waals surface area contributed by atoms with Crippen molar-refractivity contribution in [3.63, 3.8) is 0 Å². The number of hydrogen-bond acceptors (Lipinski definition) is 3. The third kappa shape index (κ3) is 7.26. The van der Waals surface area contributed by atoms with Crippen LogP contribution in [0.2, 0.25) is 0 Å². The van der Waals surface area contributed by atoms with E-state index in [0.29, 0.717) is 0 Å². The molecule has 0 aromatic heterocycles. The van der Waals surface area contributed by atoms with Crippen molar-refractivity contribution in [1.82, 2.24) is 0 Å². The van der Waals surface area contributed by atoms with Crippen molar-refractivity contribution in [2.45, 2.75) is 52.7 Å². The molecule has 136 valence electrons. The minimum atomic E-state index is -2.10. The van der Waals surface area contributed by atoms with E-state index in [9.17, 15) is 0 Å². The van der Waals surface area contributed by atoms with Gasteiger partial charge < -0.3 is 13.0 Å². The van der Waals surface area contributed by atoms with E-state index in [4.69, 9.17) is 13.0 Å². The van der Waals surface area contributed by atoms with Gasteiger partial charge in [-0.15, -0.1) is 0 Å². The molecule has 0 aliphatic heterocycles. The topological polar surface area (TPSA) is 27.7 Å². The van der Waals surface area contributed by atoms with Crippen molar-refractivity contribution in [2.24, 2.45) is 0 Å². The number of hydrogen-bond donors (Lipinski definition) is 0. The Balaban J connectivity index is 2.31. The average Bonchev–Trinajstić information content (AvgIpc) is 2.53. The molecule has 0 amide bonds. The van der Waals surface area contributed by atoms with E-state index in [1.165, 1.54) is 0 Å². The summed E-state index contributed by atoms with van der Waals surface area (Å²) in [5.41, 5.74) is -0.520. The Labute approximate surface area is 155 Å². The van der Waals surface area contributed by atoms with Crippen LogP contribution in [0.5, 0.6) is 0 Å². The molecule has 0 aliphatic carbocycles. The van der Waals surface area contributed by atoms with Gasteiger partial charge in [0.25, 0.3) is 0 Å². The summed E-state index contributed by atoms with van der Waals surface area (Å²) in [5, 5.41) is 2.28. The van der Waals surface area contributed by atoms with Gasteiger partial charge in [-0.3, -0.25) is 0 Å². The zero-order valence-corrected chi connectivity index (χ0v) is 18.5. The molecular weight excluding hydrogens is 344 g/mol. The minimum absolute atomic E-state index is 0.260. The third-order valence-electron chi connectivity index (χ3n) is 3.31. The summed E-state index contributed by atoms with van der Waals surface area (Å²) in [4.78, 5) is 0. The summed E-state index contributed by atoms with van der Waals surface area (Å²) in [5.74, 6) is 0. The van der Waals surface area contributed by atoms with Crippen molar-refractivity contribution >= 4 is 28.9 Å². The maximum atomic E-state index is 6.61. The number of benzene rings is 2. The van der Waals surface area contributed by atoms with E-state index < -0.39 is 18.6 Å². The van der Waals surface area contributed by atoms with Crippen LogP contribution in [0.4, 0.5) is 0 Å². The molecule has 25 heavy (non-hydrogen) atoms. The second kappa shape index (κ2) is 8.42. The van der Waals surface area contributed by atoms with Gasteiger partial charge in [0.2, 0.25) is 0 Å². The highest BCUT2D eigenvalue weighted by Crippen LogP contribution is 2.14. The van der Waals surface area contributed by atoms with E-state index in [-0.39, 0.29) is 11.2 Å². The highest BCUT2D eigenvalue weighted by Gasteiger charge is 2.31. The Bertz CT molecular complexity index is 576. The average molecular weight is 375 g/mol. The molecular formula is C20H30O3Si2. The molecule has 2 rings (SSSR count). The van der Waals surface area contributed by atoms with Crippen LogP contribution in [0, 0.1) is 0 Å². The van der Waals surface area contributed by atoms with E-state index in [1.54, 1.807) is 0 Å². The summed E-state index contributed by atoms with van der Waals surface area (Å²) < 4.78 is 19.3. The smallest absolute Gasteiger partial charge is 0.347 e. The predicted molar refractivity (Wildman–Crippen MR) is 109 cm³/mol. The normalized spacial score (nSPS) is 15.0. The lowest BCUT2D eigenvalue weighted by Gasteiger charge is -2.32. The molecule has 0 spiro atoms. The summed E-state index contributed by atoms with van der Waals surface area (Å²) >= 11 is 0. The molecule has 0 aliphatic rings. The van der Waals surface area contributed by atoms with Crippen LogP contribution < -0.4 is 10.4 Å². The third-order valence-corrected chi connectivity index (χ3v) is 8.99. The van der Waals surface area contributed by atoms with Crippen LogP contribution in [0.25, 0.3) is 0 Å². The van der Waals surface area contributed by atoms with Crippen molar-refractivity contribution in [3.05, 3.63) is 60.7 Å². The highest BCUT2D eigenvalue weighted by molar-refractivity contribution is 6.74. The van der Waals surface area contributed by atoms with E-state index >= 15 is 0 Å². The molecule has 0 radical (unpaired) electrons. The van der Waals surface area contributed by atoms with Gasteiger partial charge >= 0.3 is 18.6 Å². The maximum absolute atomic E-state index is 6.61. The van der Waals surface area contributed by atoms with Gasteiger partial charge in [0, 0.05) is 0 Å². The van der Waals surface area contributed by atoms with Gasteiger partial charge in [-0.05, 0) is 51.9 Å². The fourth-order valence-electron chi connectivity index (χ4n) is 2.32. The standard InChI is InChI=1S/C20H30O3Si2/c1-19(2,3)21-24(17-13-9-7-10-14-17)23-25(22-20(4,5)6)18-15-11-8-12-16-18/h7-16,24-25H,1-6H3. The summed E-state index contributed by atoms with van der Waals surface area (Å²) in [7, 11) is -4.20. The van der Waals surface area contributed by atoms with Crippen LogP contribution in [-0.2, 0) is 13.0 Å². The molecule has 2 aromatic rings. The van der Waals surface area contributed by atoms with Gasteiger partial charge in [0.15, 0.2) is 0 Å². The van der Waals surface area contributed by atoms with Gasteiger partial charge in [0.05, 0.1) is 11.2 Å². The van der Waals surface area contributed by atoms with Gasteiger partial charge in [-0.2, -0.15) is 0 Å². The molecule has 0 bridgehead atoms. The number of rotatable bonds is 6. The Morgan fingerprint density at radius 2 is 0.880 bits per heavy atom. The fraction of sp³-hybridized carbons (Fsp3) is 0.400. The quantitative estimate of drug-likeness (QED) is 0.728. The van der Waals surface area contributed by atoms with Gasteiger partial charge in [0.1, 0.15) is 0 Å². The van der Waals surface area contributed by atoms with Crippen LogP contribution in [0.15, 0.2) is 60.7 Å². The molecule has 2 unspecified atom stereocenters. The first kappa shape index (κ1) is 20.1. The largest absolute Gasteiger partial charge is 0.412 e. The lowest BCUT2D eigenvalue weighted by atomic mass is 10.2. The van der Waals surface area contributed by atoms with E-state index in [1.807, 2.05) is 36.4 Å². The molecule has 0 N–H and O–H groups in total. The lowest BCUT2D eigenvalue weighted by Crippen LogP contribution is -2.52. The molecule has 2 aromatic carbocycles. The molecule has 2 atom stereocenters. The molecule has 0 saturated carbocycles. The predicted octanol–water partition coefficient (Wildman–Crippen LogP) is 2.89. The summed E-state index contributed by atoms with van der Waals surface area (Å²) in [6.07, 6.45) is 0. The van der Waals surface area contributed by atoms with Gasteiger partial charge in [-0.25, -0.2) is 0 Å². The van der Waals surface area contributed by atoms with E-state index in [2.05, 4.69) is 65.8 Å². The second-order valence-corrected chi connectivity index (χ2v) is 12.3. The Morgan fingerprint density at radius 3 is 1.16 bits per heavy atom. The summed E-state index contributed by atoms with van der Waals surface area (Å²) in [6, 6.07) is 20.6. The zero-order valence-electron chi connectivity index (χ0n) is 16.2. The second-order valence-electron chi connectivity index (χ2n) is 8.08. The zero-order chi connectivity index (χ0) is 18.5. The molecule has 3 nitrogen and oxygen atoms in total. The summed E-state index contributed by atoms with van der Waals surface area (Å²) in [6.45, 7) is 12.4.